The number of hydrogen-bond acceptors (Lipinski definition) is 4. The molecule has 0 amide bonds. The molecule has 96 valence electrons. The average molecular weight is 249 g/mol. The Hall–Kier alpha value is -2.19. The molecule has 0 bridgehead atoms. The van der Waals surface area contributed by atoms with Crippen molar-refractivity contribution < 1.29 is 19.4 Å². The SMILES string of the molecule is C#CC(N)(Cc1ccc(OC)c(OC)c1)C(=O)O. The predicted octanol–water partition coefficient (Wildman–Crippen LogP) is 0.662. The van der Waals surface area contributed by atoms with Crippen molar-refractivity contribution in [3.05, 3.63) is 23.8 Å². The van der Waals surface area contributed by atoms with Crippen molar-refractivity contribution in [3.8, 4) is 23.8 Å². The summed E-state index contributed by atoms with van der Waals surface area (Å²) < 4.78 is 10.2. The molecule has 1 rings (SSSR count). The third-order valence-electron chi connectivity index (χ3n) is 2.57. The minimum atomic E-state index is -1.72. The summed E-state index contributed by atoms with van der Waals surface area (Å²) in [5.74, 6) is 1.92. The molecule has 0 saturated heterocycles. The summed E-state index contributed by atoms with van der Waals surface area (Å²) in [4.78, 5) is 11.0. The van der Waals surface area contributed by atoms with Crippen molar-refractivity contribution in [1.82, 2.24) is 0 Å². The first-order chi connectivity index (χ1) is 8.46. The summed E-state index contributed by atoms with van der Waals surface area (Å²) in [5, 5.41) is 9.00. The summed E-state index contributed by atoms with van der Waals surface area (Å²) in [5.41, 5.74) is 4.57. The van der Waals surface area contributed by atoms with Crippen molar-refractivity contribution >= 4 is 5.97 Å². The van der Waals surface area contributed by atoms with E-state index in [1.54, 1.807) is 18.2 Å². The van der Waals surface area contributed by atoms with Gasteiger partial charge in [0.05, 0.1) is 14.2 Å². The van der Waals surface area contributed by atoms with E-state index in [4.69, 9.17) is 26.7 Å². The van der Waals surface area contributed by atoms with Crippen molar-refractivity contribution in [3.63, 3.8) is 0 Å². The monoisotopic (exact) mass is 249 g/mol. The third-order valence-corrected chi connectivity index (χ3v) is 2.57. The van der Waals surface area contributed by atoms with Crippen LogP contribution >= 0.6 is 0 Å². The zero-order valence-electron chi connectivity index (χ0n) is 10.3. The van der Waals surface area contributed by atoms with Gasteiger partial charge in [0.1, 0.15) is 0 Å². The van der Waals surface area contributed by atoms with Gasteiger partial charge in [0.2, 0.25) is 0 Å². The highest BCUT2D eigenvalue weighted by molar-refractivity contribution is 5.83. The molecular formula is C13H15NO4. The van der Waals surface area contributed by atoms with Crippen LogP contribution in [0.1, 0.15) is 5.56 Å². The van der Waals surface area contributed by atoms with Gasteiger partial charge in [-0.25, -0.2) is 4.79 Å². The van der Waals surface area contributed by atoms with Crippen molar-refractivity contribution in [2.45, 2.75) is 12.0 Å². The molecule has 0 saturated carbocycles. The Morgan fingerprint density at radius 3 is 2.50 bits per heavy atom. The number of aliphatic carboxylic acids is 1. The van der Waals surface area contributed by atoms with E-state index in [1.807, 2.05) is 0 Å². The Morgan fingerprint density at radius 1 is 1.44 bits per heavy atom. The van der Waals surface area contributed by atoms with Crippen LogP contribution in [0.25, 0.3) is 0 Å². The van der Waals surface area contributed by atoms with Gasteiger partial charge in [-0.2, -0.15) is 0 Å². The number of terminal acetylenes is 1. The smallest absolute Gasteiger partial charge is 0.336 e. The number of methoxy groups -OCH3 is 2. The number of rotatable bonds is 5. The Balaban J connectivity index is 3.06. The van der Waals surface area contributed by atoms with Crippen LogP contribution in [0.4, 0.5) is 0 Å². The van der Waals surface area contributed by atoms with Gasteiger partial charge in [-0.05, 0) is 17.7 Å². The number of carbonyl (C=O) groups is 1. The number of carboxylic acid groups (broad SMARTS) is 1. The van der Waals surface area contributed by atoms with Crippen LogP contribution in [0.15, 0.2) is 18.2 Å². The zero-order chi connectivity index (χ0) is 13.8. The molecule has 0 spiro atoms. The highest BCUT2D eigenvalue weighted by Gasteiger charge is 2.32. The lowest BCUT2D eigenvalue weighted by Crippen LogP contribution is -2.48. The lowest BCUT2D eigenvalue weighted by atomic mass is 9.92. The molecule has 0 aliphatic carbocycles. The first-order valence-corrected chi connectivity index (χ1v) is 5.17. The molecule has 1 atom stereocenters. The van der Waals surface area contributed by atoms with E-state index < -0.39 is 11.5 Å². The zero-order valence-corrected chi connectivity index (χ0v) is 10.3. The van der Waals surface area contributed by atoms with Gasteiger partial charge < -0.3 is 20.3 Å². The Kier molecular flexibility index (Phi) is 4.18. The predicted molar refractivity (Wildman–Crippen MR) is 66.6 cm³/mol. The molecule has 1 aromatic carbocycles. The second-order valence-electron chi connectivity index (χ2n) is 3.79. The minimum Gasteiger partial charge on any atom is -0.493 e. The normalized spacial score (nSPS) is 13.2. The van der Waals surface area contributed by atoms with Crippen molar-refractivity contribution in [1.29, 1.82) is 0 Å². The van der Waals surface area contributed by atoms with E-state index in [-0.39, 0.29) is 6.42 Å². The summed E-state index contributed by atoms with van der Waals surface area (Å²) in [7, 11) is 3.01. The highest BCUT2D eigenvalue weighted by atomic mass is 16.5. The fraction of sp³-hybridized carbons (Fsp3) is 0.308. The fourth-order valence-electron chi connectivity index (χ4n) is 1.50. The molecule has 0 radical (unpaired) electrons. The maximum Gasteiger partial charge on any atom is 0.336 e. The summed E-state index contributed by atoms with van der Waals surface area (Å²) >= 11 is 0. The molecule has 5 nitrogen and oxygen atoms in total. The van der Waals surface area contributed by atoms with E-state index in [0.29, 0.717) is 17.1 Å². The number of hydrogen-bond donors (Lipinski definition) is 2. The first kappa shape index (κ1) is 13.9. The van der Waals surface area contributed by atoms with E-state index in [9.17, 15) is 4.79 Å². The van der Waals surface area contributed by atoms with E-state index >= 15 is 0 Å². The van der Waals surface area contributed by atoms with Gasteiger partial charge in [0.15, 0.2) is 17.0 Å². The lowest BCUT2D eigenvalue weighted by Gasteiger charge is -2.18. The number of nitrogens with two attached hydrogens (primary N) is 1. The molecule has 0 aliphatic heterocycles. The topological polar surface area (TPSA) is 81.8 Å². The second-order valence-corrected chi connectivity index (χ2v) is 3.79. The molecule has 5 heteroatoms. The fourth-order valence-corrected chi connectivity index (χ4v) is 1.50. The van der Waals surface area contributed by atoms with E-state index in [1.165, 1.54) is 14.2 Å². The Labute approximate surface area is 106 Å². The van der Waals surface area contributed by atoms with Gasteiger partial charge in [0, 0.05) is 6.42 Å². The van der Waals surface area contributed by atoms with Crippen LogP contribution in [0.3, 0.4) is 0 Å². The number of ether oxygens (including phenoxy) is 2. The number of benzene rings is 1. The van der Waals surface area contributed by atoms with Gasteiger partial charge in [-0.3, -0.25) is 0 Å². The van der Waals surface area contributed by atoms with E-state index in [2.05, 4.69) is 5.92 Å². The van der Waals surface area contributed by atoms with Crippen molar-refractivity contribution in [2.75, 3.05) is 14.2 Å². The molecule has 1 aromatic rings. The standard InChI is InChI=1S/C13H15NO4/c1-4-13(14,12(15)16)8-9-5-6-10(17-2)11(7-9)18-3/h1,5-7H,8,14H2,2-3H3,(H,15,16). The molecule has 3 N–H and O–H groups in total. The maximum absolute atomic E-state index is 11.0. The maximum atomic E-state index is 11.0. The largest absolute Gasteiger partial charge is 0.493 e. The van der Waals surface area contributed by atoms with Crippen LogP contribution in [0.5, 0.6) is 11.5 Å². The molecule has 0 fully saturated rings. The molecule has 0 heterocycles. The first-order valence-electron chi connectivity index (χ1n) is 5.17. The average Bonchev–Trinajstić information content (AvgIpc) is 2.38. The van der Waals surface area contributed by atoms with Crippen LogP contribution in [-0.2, 0) is 11.2 Å². The number of carboxylic acids is 1. The summed E-state index contributed by atoms with van der Waals surface area (Å²) in [6, 6.07) is 5.02. The van der Waals surface area contributed by atoms with Crippen LogP contribution < -0.4 is 15.2 Å². The Bertz CT molecular complexity index is 492. The highest BCUT2D eigenvalue weighted by Crippen LogP contribution is 2.28. The van der Waals surface area contributed by atoms with Crippen LogP contribution in [-0.4, -0.2) is 30.8 Å². The van der Waals surface area contributed by atoms with Crippen molar-refractivity contribution in [2.24, 2.45) is 5.73 Å². The summed E-state index contributed by atoms with van der Waals surface area (Å²) in [6.07, 6.45) is 5.18. The van der Waals surface area contributed by atoms with Gasteiger partial charge in [-0.15, -0.1) is 6.42 Å². The van der Waals surface area contributed by atoms with E-state index in [0.717, 1.165) is 0 Å². The molecular weight excluding hydrogens is 234 g/mol. The summed E-state index contributed by atoms with van der Waals surface area (Å²) in [6.45, 7) is 0. The molecule has 1 unspecified atom stereocenters. The Morgan fingerprint density at radius 2 is 2.06 bits per heavy atom. The van der Waals surface area contributed by atoms with Gasteiger partial charge >= 0.3 is 5.97 Å². The second kappa shape index (κ2) is 5.43. The van der Waals surface area contributed by atoms with Crippen LogP contribution in [0.2, 0.25) is 0 Å². The quantitative estimate of drug-likeness (QED) is 0.749. The third kappa shape index (κ3) is 2.73. The molecule has 0 aromatic heterocycles. The molecule has 18 heavy (non-hydrogen) atoms. The minimum absolute atomic E-state index is 0.0131. The lowest BCUT2D eigenvalue weighted by molar-refractivity contribution is -0.141. The molecule has 0 aliphatic rings. The van der Waals surface area contributed by atoms with Gasteiger partial charge in [0.25, 0.3) is 0 Å². The van der Waals surface area contributed by atoms with Gasteiger partial charge in [-0.1, -0.05) is 12.0 Å². The van der Waals surface area contributed by atoms with Crippen LogP contribution in [0, 0.1) is 12.3 Å².